The molecule has 2 aromatic heterocycles. The third kappa shape index (κ3) is 3.60. The van der Waals surface area contributed by atoms with Crippen LogP contribution in [0.1, 0.15) is 31.4 Å². The van der Waals surface area contributed by atoms with Crippen molar-refractivity contribution >= 4 is 11.4 Å². The molecule has 2 bridgehead atoms. The molecule has 2 atom stereocenters. The fraction of sp³-hybridized carbons (Fsp3) is 0.267. The standard InChI is InChI=1S/C30H28N4O2/c35-28-8-3-7-27-30(28)36-29-15-20(21-5-4-13-31-18-21)9-12-26(29)34(27)25-16-23-10-11-24(17-25)33(23)19-22-6-1-2-14-32-22/h1-9,12-15,18,23-25,35H,10-11,16-17,19H2. The minimum Gasteiger partial charge on any atom is -0.504 e. The predicted octanol–water partition coefficient (Wildman–Crippen LogP) is 6.29. The summed E-state index contributed by atoms with van der Waals surface area (Å²) in [5.74, 6) is 1.48. The zero-order valence-corrected chi connectivity index (χ0v) is 20.0. The highest BCUT2D eigenvalue weighted by atomic mass is 16.5. The quantitative estimate of drug-likeness (QED) is 0.374. The Kier molecular flexibility index (Phi) is 5.13. The normalized spacial score (nSPS) is 22.6. The molecule has 2 unspecified atom stereocenters. The average Bonchev–Trinajstić information content (AvgIpc) is 3.14. The SMILES string of the molecule is Oc1cccc2c1Oc1cc(-c3cccnc3)ccc1N2C1CC2CCC(C1)N2Cc1ccccn1. The Morgan fingerprint density at radius 1 is 0.833 bits per heavy atom. The number of ether oxygens (including phenoxy) is 1. The van der Waals surface area contributed by atoms with E-state index in [0.717, 1.165) is 53.3 Å². The van der Waals surface area contributed by atoms with E-state index in [4.69, 9.17) is 4.74 Å². The minimum atomic E-state index is 0.172. The average molecular weight is 477 g/mol. The van der Waals surface area contributed by atoms with Crippen LogP contribution >= 0.6 is 0 Å². The van der Waals surface area contributed by atoms with Crippen LogP contribution in [0.3, 0.4) is 0 Å². The van der Waals surface area contributed by atoms with E-state index in [9.17, 15) is 5.11 Å². The molecule has 4 aromatic rings. The Bertz CT molecular complexity index is 1380. The fourth-order valence-electron chi connectivity index (χ4n) is 6.34. The summed E-state index contributed by atoms with van der Waals surface area (Å²) < 4.78 is 6.33. The van der Waals surface area contributed by atoms with E-state index in [1.54, 1.807) is 12.3 Å². The van der Waals surface area contributed by atoms with Gasteiger partial charge in [-0.1, -0.05) is 24.3 Å². The first-order valence-corrected chi connectivity index (χ1v) is 12.7. The van der Waals surface area contributed by atoms with Crippen molar-refractivity contribution in [3.8, 4) is 28.4 Å². The molecule has 6 heteroatoms. The highest BCUT2D eigenvalue weighted by Crippen LogP contribution is 2.54. The topological polar surface area (TPSA) is 61.7 Å². The van der Waals surface area contributed by atoms with Gasteiger partial charge in [-0.2, -0.15) is 0 Å². The lowest BCUT2D eigenvalue weighted by atomic mass is 9.93. The molecule has 180 valence electrons. The molecule has 3 aliphatic rings. The molecule has 36 heavy (non-hydrogen) atoms. The first-order chi connectivity index (χ1) is 17.7. The van der Waals surface area contributed by atoms with Crippen LogP contribution in [-0.2, 0) is 6.54 Å². The largest absolute Gasteiger partial charge is 0.504 e. The molecule has 2 saturated heterocycles. The van der Waals surface area contributed by atoms with Crippen molar-refractivity contribution in [1.82, 2.24) is 14.9 Å². The van der Waals surface area contributed by atoms with E-state index in [1.165, 1.54) is 12.8 Å². The first-order valence-electron chi connectivity index (χ1n) is 12.7. The van der Waals surface area contributed by atoms with Crippen molar-refractivity contribution in [2.24, 2.45) is 0 Å². The molecule has 0 amide bonds. The van der Waals surface area contributed by atoms with Crippen LogP contribution in [0.25, 0.3) is 11.1 Å². The third-order valence-electron chi connectivity index (χ3n) is 7.95. The summed E-state index contributed by atoms with van der Waals surface area (Å²) in [6.45, 7) is 0.911. The Hall–Kier alpha value is -3.90. The van der Waals surface area contributed by atoms with Gasteiger partial charge in [0.15, 0.2) is 17.2 Å². The number of piperidine rings is 1. The van der Waals surface area contributed by atoms with Gasteiger partial charge in [0.1, 0.15) is 0 Å². The number of rotatable bonds is 4. The number of benzene rings is 2. The van der Waals surface area contributed by atoms with Crippen molar-refractivity contribution in [1.29, 1.82) is 0 Å². The van der Waals surface area contributed by atoms with Gasteiger partial charge in [-0.3, -0.25) is 14.9 Å². The van der Waals surface area contributed by atoms with Crippen LogP contribution in [0.5, 0.6) is 17.2 Å². The van der Waals surface area contributed by atoms with Crippen molar-refractivity contribution in [2.45, 2.75) is 50.4 Å². The number of hydrogen-bond acceptors (Lipinski definition) is 6. The maximum atomic E-state index is 10.7. The van der Waals surface area contributed by atoms with Crippen molar-refractivity contribution in [2.75, 3.05) is 4.90 Å². The van der Waals surface area contributed by atoms with E-state index < -0.39 is 0 Å². The molecule has 2 aromatic carbocycles. The monoisotopic (exact) mass is 476 g/mol. The van der Waals surface area contributed by atoms with Gasteiger partial charge < -0.3 is 14.7 Å². The van der Waals surface area contributed by atoms with E-state index in [1.807, 2.05) is 30.6 Å². The van der Waals surface area contributed by atoms with Crippen LogP contribution in [0, 0.1) is 0 Å². The first kappa shape index (κ1) is 21.4. The van der Waals surface area contributed by atoms with Gasteiger partial charge in [-0.05, 0) is 73.7 Å². The lowest BCUT2D eigenvalue weighted by Crippen LogP contribution is -2.49. The van der Waals surface area contributed by atoms with E-state index in [2.05, 4.69) is 62.2 Å². The van der Waals surface area contributed by atoms with Crippen LogP contribution in [-0.4, -0.2) is 38.1 Å². The van der Waals surface area contributed by atoms with Crippen LogP contribution in [0.4, 0.5) is 11.4 Å². The Labute approximate surface area is 210 Å². The number of pyridine rings is 2. The Balaban J connectivity index is 1.24. The number of anilines is 2. The van der Waals surface area contributed by atoms with Gasteiger partial charge in [0.25, 0.3) is 0 Å². The van der Waals surface area contributed by atoms with Crippen molar-refractivity contribution < 1.29 is 9.84 Å². The van der Waals surface area contributed by atoms with Crippen LogP contribution < -0.4 is 9.64 Å². The number of phenolic OH excluding ortho intramolecular Hbond substituents is 1. The Morgan fingerprint density at radius 2 is 1.72 bits per heavy atom. The smallest absolute Gasteiger partial charge is 0.192 e. The highest BCUT2D eigenvalue weighted by Gasteiger charge is 2.44. The molecule has 5 heterocycles. The number of nitrogens with zero attached hydrogens (tertiary/aromatic N) is 4. The summed E-state index contributed by atoms with van der Waals surface area (Å²) in [5.41, 5.74) is 5.23. The minimum absolute atomic E-state index is 0.172. The molecule has 0 spiro atoms. The number of fused-ring (bicyclic) bond motifs is 4. The van der Waals surface area contributed by atoms with E-state index in [0.29, 0.717) is 23.9 Å². The summed E-state index contributed by atoms with van der Waals surface area (Å²) in [6, 6.07) is 23.6. The summed E-state index contributed by atoms with van der Waals surface area (Å²) in [6.07, 6.45) is 10.1. The zero-order chi connectivity index (χ0) is 24.1. The summed E-state index contributed by atoms with van der Waals surface area (Å²) in [7, 11) is 0. The number of aromatic nitrogens is 2. The summed E-state index contributed by atoms with van der Waals surface area (Å²) in [4.78, 5) is 13.9. The van der Waals surface area contributed by atoms with E-state index >= 15 is 0 Å². The lowest BCUT2D eigenvalue weighted by Gasteiger charge is -2.46. The predicted molar refractivity (Wildman–Crippen MR) is 140 cm³/mol. The highest BCUT2D eigenvalue weighted by molar-refractivity contribution is 5.83. The maximum Gasteiger partial charge on any atom is 0.192 e. The molecule has 0 aliphatic carbocycles. The fourth-order valence-corrected chi connectivity index (χ4v) is 6.34. The third-order valence-corrected chi connectivity index (χ3v) is 7.95. The number of phenols is 1. The molecule has 2 fully saturated rings. The van der Waals surface area contributed by atoms with Gasteiger partial charge in [0, 0.05) is 48.8 Å². The van der Waals surface area contributed by atoms with Crippen molar-refractivity contribution in [3.05, 3.63) is 91.0 Å². The number of hydrogen-bond donors (Lipinski definition) is 1. The second kappa shape index (κ2) is 8.64. The number of aromatic hydroxyl groups is 1. The molecule has 3 aliphatic heterocycles. The summed E-state index contributed by atoms with van der Waals surface area (Å²) >= 11 is 0. The maximum absolute atomic E-state index is 10.7. The van der Waals surface area contributed by atoms with Crippen LogP contribution in [0.15, 0.2) is 85.3 Å². The molecule has 7 rings (SSSR count). The molecular formula is C30H28N4O2. The van der Waals surface area contributed by atoms with E-state index in [-0.39, 0.29) is 5.75 Å². The molecule has 0 radical (unpaired) electrons. The summed E-state index contributed by atoms with van der Waals surface area (Å²) in [5, 5.41) is 10.7. The van der Waals surface area contributed by atoms with Crippen LogP contribution in [0.2, 0.25) is 0 Å². The zero-order valence-electron chi connectivity index (χ0n) is 20.0. The van der Waals surface area contributed by atoms with Gasteiger partial charge in [0.05, 0.1) is 17.1 Å². The van der Waals surface area contributed by atoms with Gasteiger partial charge in [0.2, 0.25) is 0 Å². The second-order valence-electron chi connectivity index (χ2n) is 10.0. The van der Waals surface area contributed by atoms with Gasteiger partial charge in [-0.25, -0.2) is 0 Å². The number of para-hydroxylation sites is 1. The molecular weight excluding hydrogens is 448 g/mol. The lowest BCUT2D eigenvalue weighted by molar-refractivity contribution is 0.118. The second-order valence-corrected chi connectivity index (χ2v) is 10.0. The Morgan fingerprint density at radius 3 is 2.50 bits per heavy atom. The van der Waals surface area contributed by atoms with Gasteiger partial charge in [-0.15, -0.1) is 0 Å². The molecule has 1 N–H and O–H groups in total. The van der Waals surface area contributed by atoms with Crippen molar-refractivity contribution in [3.63, 3.8) is 0 Å². The molecule has 6 nitrogen and oxygen atoms in total. The molecule has 0 saturated carbocycles. The van der Waals surface area contributed by atoms with Gasteiger partial charge >= 0.3 is 0 Å².